The maximum atomic E-state index is 12.1. The van der Waals surface area contributed by atoms with Crippen LogP contribution in [0.15, 0.2) is 52.3 Å². The Kier molecular flexibility index (Phi) is 4.80. The van der Waals surface area contributed by atoms with Gasteiger partial charge in [0, 0.05) is 22.0 Å². The van der Waals surface area contributed by atoms with E-state index in [4.69, 9.17) is 4.74 Å². The average Bonchev–Trinajstić information content (AvgIpc) is 2.43. The van der Waals surface area contributed by atoms with Crippen LogP contribution in [0.3, 0.4) is 0 Å². The summed E-state index contributed by atoms with van der Waals surface area (Å²) in [5.74, 6) is 0.442. The van der Waals surface area contributed by atoms with Crippen molar-refractivity contribution >= 4 is 28.3 Å². The molecule has 5 heteroatoms. The molecule has 0 spiro atoms. The molecule has 0 saturated carbocycles. The van der Waals surface area contributed by atoms with Gasteiger partial charge in [0.25, 0.3) is 6.43 Å². The summed E-state index contributed by atoms with van der Waals surface area (Å²) in [4.78, 5) is 2.00. The van der Waals surface area contributed by atoms with Gasteiger partial charge in [-0.25, -0.2) is 8.78 Å². The molecule has 0 saturated heterocycles. The van der Waals surface area contributed by atoms with E-state index in [0.29, 0.717) is 5.75 Å². The number of allylic oxidation sites excluding steroid dienone is 3. The highest BCUT2D eigenvalue weighted by molar-refractivity contribution is 14.1. The highest BCUT2D eigenvalue weighted by Gasteiger charge is 2.15. The van der Waals surface area contributed by atoms with Crippen LogP contribution in [0.25, 0.3) is 5.70 Å². The van der Waals surface area contributed by atoms with Crippen LogP contribution in [0, 0.1) is 0 Å². The number of likely N-dealkylation sites (N-methyl/N-ethyl adjacent to an activating group) is 1. The highest BCUT2D eigenvalue weighted by Crippen LogP contribution is 2.32. The predicted molar refractivity (Wildman–Crippen MR) is 84.9 cm³/mol. The highest BCUT2D eigenvalue weighted by atomic mass is 127. The third-order valence-electron chi connectivity index (χ3n) is 2.96. The molecule has 1 aliphatic heterocycles. The van der Waals surface area contributed by atoms with E-state index in [1.165, 1.54) is 0 Å². The third-order valence-corrected chi connectivity index (χ3v) is 3.94. The van der Waals surface area contributed by atoms with Crippen LogP contribution in [0.1, 0.15) is 5.56 Å². The average molecular weight is 389 g/mol. The maximum absolute atomic E-state index is 12.1. The van der Waals surface area contributed by atoms with Gasteiger partial charge in [0.05, 0.1) is 0 Å². The number of hydrogen-bond donors (Lipinski definition) is 0. The molecular formula is C15H14F2INO. The number of alkyl halides is 2. The fourth-order valence-corrected chi connectivity index (χ4v) is 2.38. The van der Waals surface area contributed by atoms with Gasteiger partial charge in [-0.3, -0.25) is 0 Å². The summed E-state index contributed by atoms with van der Waals surface area (Å²) in [5, 5.41) is 0. The molecule has 1 aromatic carbocycles. The first-order chi connectivity index (χ1) is 9.49. The third kappa shape index (κ3) is 3.39. The number of hydrogen-bond acceptors (Lipinski definition) is 2. The quantitative estimate of drug-likeness (QED) is 0.706. The van der Waals surface area contributed by atoms with Crippen LogP contribution >= 0.6 is 22.6 Å². The zero-order valence-electron chi connectivity index (χ0n) is 10.9. The van der Waals surface area contributed by atoms with Crippen molar-refractivity contribution in [3.8, 4) is 5.75 Å². The minimum Gasteiger partial charge on any atom is -0.488 e. The van der Waals surface area contributed by atoms with Gasteiger partial charge in [0.1, 0.15) is 12.4 Å². The van der Waals surface area contributed by atoms with Crippen molar-refractivity contribution in [3.63, 3.8) is 0 Å². The van der Waals surface area contributed by atoms with E-state index in [0.717, 1.165) is 20.5 Å². The van der Waals surface area contributed by atoms with Crippen molar-refractivity contribution in [1.82, 2.24) is 4.90 Å². The summed E-state index contributed by atoms with van der Waals surface area (Å²) in [6.45, 7) is 3.44. The molecule has 0 unspecified atom stereocenters. The summed E-state index contributed by atoms with van der Waals surface area (Å²) in [5.41, 5.74) is 2.93. The largest absolute Gasteiger partial charge is 0.488 e. The molecule has 0 fully saturated rings. The molecular weight excluding hydrogens is 375 g/mol. The van der Waals surface area contributed by atoms with E-state index >= 15 is 0 Å². The molecule has 0 radical (unpaired) electrons. The van der Waals surface area contributed by atoms with Crippen LogP contribution in [0.2, 0.25) is 0 Å². The first kappa shape index (κ1) is 15.0. The Morgan fingerprint density at radius 3 is 2.50 bits per heavy atom. The molecule has 0 bridgehead atoms. The molecule has 2 nitrogen and oxygen atoms in total. The van der Waals surface area contributed by atoms with Crippen LogP contribution in [-0.2, 0) is 0 Å². The van der Waals surface area contributed by atoms with E-state index in [9.17, 15) is 8.78 Å². The zero-order chi connectivity index (χ0) is 14.7. The number of benzene rings is 1. The second kappa shape index (κ2) is 6.39. The number of nitrogens with zero attached hydrogens (tertiary/aromatic N) is 1. The van der Waals surface area contributed by atoms with Crippen LogP contribution < -0.4 is 4.74 Å². The van der Waals surface area contributed by atoms with E-state index in [1.54, 1.807) is 12.1 Å². The maximum Gasteiger partial charge on any atom is 0.272 e. The van der Waals surface area contributed by atoms with Crippen molar-refractivity contribution < 1.29 is 13.5 Å². The summed E-state index contributed by atoms with van der Waals surface area (Å²) in [7, 11) is 1.95. The van der Waals surface area contributed by atoms with Crippen LogP contribution in [0.4, 0.5) is 8.78 Å². The summed E-state index contributed by atoms with van der Waals surface area (Å²) in [6, 6.07) is 7.09. The lowest BCUT2D eigenvalue weighted by Crippen LogP contribution is -2.18. The van der Waals surface area contributed by atoms with Crippen LogP contribution in [0.5, 0.6) is 5.75 Å². The van der Waals surface area contributed by atoms with E-state index in [1.807, 2.05) is 36.2 Å². The minimum atomic E-state index is -2.46. The molecule has 1 aliphatic rings. The van der Waals surface area contributed by atoms with Gasteiger partial charge in [0.2, 0.25) is 0 Å². The molecule has 0 aliphatic carbocycles. The Labute approximate surface area is 130 Å². The molecule has 0 N–H and O–H groups in total. The molecule has 1 aromatic rings. The van der Waals surface area contributed by atoms with Gasteiger partial charge in [0.15, 0.2) is 0 Å². The smallest absolute Gasteiger partial charge is 0.272 e. The molecule has 106 valence electrons. The van der Waals surface area contributed by atoms with Gasteiger partial charge in [-0.1, -0.05) is 6.58 Å². The fraction of sp³-hybridized carbons (Fsp3) is 0.200. The first-order valence-electron chi connectivity index (χ1n) is 6.01. The zero-order valence-corrected chi connectivity index (χ0v) is 13.1. The van der Waals surface area contributed by atoms with Gasteiger partial charge >= 0.3 is 0 Å². The molecule has 0 aromatic heterocycles. The normalized spacial score (nSPS) is 15.2. The summed E-state index contributed by atoms with van der Waals surface area (Å²) < 4.78 is 30.2. The van der Waals surface area contributed by atoms with E-state index in [-0.39, 0.29) is 0 Å². The van der Waals surface area contributed by atoms with Gasteiger partial charge in [-0.05, 0) is 64.6 Å². The SMILES string of the molecule is C=C1C(I)=CC=C(c2ccc(OCC(F)F)cc2)N1C. The Hall–Kier alpha value is -1.37. The summed E-state index contributed by atoms with van der Waals surface area (Å²) in [6.07, 6.45) is 1.54. The van der Waals surface area contributed by atoms with Crippen molar-refractivity contribution in [2.75, 3.05) is 13.7 Å². The number of rotatable bonds is 4. The predicted octanol–water partition coefficient (Wildman–Crippen LogP) is 4.45. The van der Waals surface area contributed by atoms with Crippen molar-refractivity contribution in [1.29, 1.82) is 0 Å². The molecule has 0 atom stereocenters. The first-order valence-corrected chi connectivity index (χ1v) is 7.09. The van der Waals surface area contributed by atoms with Gasteiger partial charge in [-0.2, -0.15) is 0 Å². The number of halogens is 3. The van der Waals surface area contributed by atoms with Gasteiger partial charge in [-0.15, -0.1) is 0 Å². The Morgan fingerprint density at radius 1 is 1.25 bits per heavy atom. The second-order valence-electron chi connectivity index (χ2n) is 4.30. The Bertz CT molecular complexity index is 564. The number of ether oxygens (including phenoxy) is 1. The molecule has 1 heterocycles. The van der Waals surface area contributed by atoms with Gasteiger partial charge < -0.3 is 9.64 Å². The lowest BCUT2D eigenvalue weighted by atomic mass is 10.1. The lowest BCUT2D eigenvalue weighted by molar-refractivity contribution is 0.0819. The van der Waals surface area contributed by atoms with Crippen LogP contribution in [-0.4, -0.2) is 25.0 Å². The molecule has 20 heavy (non-hydrogen) atoms. The van der Waals surface area contributed by atoms with E-state index < -0.39 is 13.0 Å². The topological polar surface area (TPSA) is 12.5 Å². The lowest BCUT2D eigenvalue weighted by Gasteiger charge is -2.27. The molecule has 0 amide bonds. The fourth-order valence-electron chi connectivity index (χ4n) is 1.84. The monoisotopic (exact) mass is 389 g/mol. The minimum absolute atomic E-state index is 0.442. The Morgan fingerprint density at radius 2 is 1.90 bits per heavy atom. The van der Waals surface area contributed by atoms with E-state index in [2.05, 4.69) is 29.2 Å². The standard InChI is InChI=1S/C15H14F2INO/c1-10-13(18)7-8-14(19(10)2)11-3-5-12(6-4-11)20-9-15(16)17/h3-8,15H,1,9H2,2H3. The van der Waals surface area contributed by atoms with Crippen molar-refractivity contribution in [2.45, 2.75) is 6.43 Å². The van der Waals surface area contributed by atoms with Crippen molar-refractivity contribution in [2.24, 2.45) is 0 Å². The Balaban J connectivity index is 2.16. The van der Waals surface area contributed by atoms with Crippen molar-refractivity contribution in [3.05, 3.63) is 57.8 Å². The molecule has 2 rings (SSSR count). The summed E-state index contributed by atoms with van der Waals surface area (Å²) >= 11 is 2.23. The second-order valence-corrected chi connectivity index (χ2v) is 5.46.